The van der Waals surface area contributed by atoms with Crippen molar-refractivity contribution in [1.82, 2.24) is 24.5 Å². The highest BCUT2D eigenvalue weighted by molar-refractivity contribution is 5.44. The highest BCUT2D eigenvalue weighted by Crippen LogP contribution is 2.21. The van der Waals surface area contributed by atoms with E-state index >= 15 is 0 Å². The number of likely N-dealkylation sites (tertiary alicyclic amines) is 1. The van der Waals surface area contributed by atoms with Crippen molar-refractivity contribution in [2.75, 3.05) is 25.0 Å². The molecule has 1 saturated heterocycles. The fourth-order valence-corrected chi connectivity index (χ4v) is 2.97. The molecule has 1 aliphatic rings. The average molecular weight is 288 g/mol. The van der Waals surface area contributed by atoms with Crippen molar-refractivity contribution in [3.8, 4) is 0 Å². The van der Waals surface area contributed by atoms with Crippen molar-refractivity contribution in [1.29, 1.82) is 0 Å². The van der Waals surface area contributed by atoms with Gasteiger partial charge in [0.15, 0.2) is 0 Å². The Hall–Kier alpha value is -1.69. The number of hydrogen-bond donors (Lipinski definition) is 1. The van der Waals surface area contributed by atoms with Gasteiger partial charge in [-0.05, 0) is 46.7 Å². The summed E-state index contributed by atoms with van der Waals surface area (Å²) >= 11 is 0. The fourth-order valence-electron chi connectivity index (χ4n) is 2.97. The van der Waals surface area contributed by atoms with Gasteiger partial charge in [0, 0.05) is 23.8 Å². The Morgan fingerprint density at radius 2 is 2.00 bits per heavy atom. The van der Waals surface area contributed by atoms with E-state index in [1.165, 1.54) is 32.4 Å². The van der Waals surface area contributed by atoms with E-state index in [4.69, 9.17) is 0 Å². The smallest absolute Gasteiger partial charge is 0.254 e. The summed E-state index contributed by atoms with van der Waals surface area (Å²) < 4.78 is 1.76. The topological polar surface area (TPSA) is 58.4 Å². The third-order valence-corrected chi connectivity index (χ3v) is 4.29. The average Bonchev–Trinajstić information content (AvgIpc) is 2.94. The van der Waals surface area contributed by atoms with Gasteiger partial charge < -0.3 is 5.32 Å². The van der Waals surface area contributed by atoms with Gasteiger partial charge >= 0.3 is 0 Å². The number of anilines is 1. The zero-order valence-electron chi connectivity index (χ0n) is 13.1. The summed E-state index contributed by atoms with van der Waals surface area (Å²) in [5, 5.41) is 7.77. The zero-order valence-corrected chi connectivity index (χ0v) is 13.1. The van der Waals surface area contributed by atoms with E-state index in [1.807, 2.05) is 13.0 Å². The number of aryl methyl sites for hydroxylation is 1. The number of piperidine rings is 1. The third-order valence-electron chi connectivity index (χ3n) is 4.29. The minimum Gasteiger partial charge on any atom is -0.368 e. The second kappa shape index (κ2) is 5.60. The summed E-state index contributed by atoms with van der Waals surface area (Å²) in [6, 6.07) is 2.02. The Kier molecular flexibility index (Phi) is 3.80. The fraction of sp³-hybridized carbons (Fsp3) is 0.667. The molecular formula is C15H24N6. The summed E-state index contributed by atoms with van der Waals surface area (Å²) in [4.78, 5) is 11.1. The van der Waals surface area contributed by atoms with E-state index in [9.17, 15) is 0 Å². The Labute approximate surface area is 125 Å². The maximum absolute atomic E-state index is 4.37. The number of nitrogens with one attached hydrogen (secondary N) is 1. The Morgan fingerprint density at radius 1 is 1.24 bits per heavy atom. The van der Waals surface area contributed by atoms with Crippen LogP contribution in [0.2, 0.25) is 0 Å². The summed E-state index contributed by atoms with van der Waals surface area (Å²) in [6.07, 6.45) is 5.53. The maximum atomic E-state index is 4.37. The van der Waals surface area contributed by atoms with Crippen LogP contribution in [-0.2, 0) is 0 Å². The standard InChI is InChI=1S/C15H24N6/c1-12-9-13(21-14(19-12)17-11-18-21)16-10-15(2,3)20-7-5-4-6-8-20/h9,11,16H,4-8,10H2,1-3H3. The van der Waals surface area contributed by atoms with E-state index < -0.39 is 0 Å². The summed E-state index contributed by atoms with van der Waals surface area (Å²) in [5.41, 5.74) is 1.08. The number of nitrogens with zero attached hydrogens (tertiary/aromatic N) is 5. The van der Waals surface area contributed by atoms with Gasteiger partial charge in [0.05, 0.1) is 0 Å². The molecule has 0 aliphatic carbocycles. The number of rotatable bonds is 4. The molecule has 1 fully saturated rings. The number of aromatic nitrogens is 4. The quantitative estimate of drug-likeness (QED) is 0.933. The van der Waals surface area contributed by atoms with E-state index in [0.717, 1.165) is 18.1 Å². The van der Waals surface area contributed by atoms with Crippen LogP contribution in [0.25, 0.3) is 5.78 Å². The molecule has 0 amide bonds. The Bertz CT molecular complexity index is 612. The first-order valence-electron chi connectivity index (χ1n) is 7.72. The molecule has 0 atom stereocenters. The van der Waals surface area contributed by atoms with Crippen LogP contribution in [0.5, 0.6) is 0 Å². The molecular weight excluding hydrogens is 264 g/mol. The van der Waals surface area contributed by atoms with Gasteiger partial charge in [0.2, 0.25) is 0 Å². The van der Waals surface area contributed by atoms with Crippen LogP contribution in [-0.4, -0.2) is 49.7 Å². The van der Waals surface area contributed by atoms with Crippen molar-refractivity contribution in [3.63, 3.8) is 0 Å². The monoisotopic (exact) mass is 288 g/mol. The normalized spacial score (nSPS) is 17.3. The van der Waals surface area contributed by atoms with Crippen molar-refractivity contribution >= 4 is 11.6 Å². The Balaban J connectivity index is 1.74. The molecule has 0 bridgehead atoms. The minimum atomic E-state index is 0.129. The molecule has 0 saturated carbocycles. The SMILES string of the molecule is Cc1cc(NCC(C)(C)N2CCCCC2)n2ncnc2n1. The van der Waals surface area contributed by atoms with Gasteiger partial charge in [-0.2, -0.15) is 14.6 Å². The van der Waals surface area contributed by atoms with E-state index in [1.54, 1.807) is 10.8 Å². The van der Waals surface area contributed by atoms with Crippen LogP contribution >= 0.6 is 0 Å². The van der Waals surface area contributed by atoms with Gasteiger partial charge in [-0.3, -0.25) is 4.90 Å². The molecule has 1 aliphatic heterocycles. The highest BCUT2D eigenvalue weighted by atomic mass is 15.4. The molecule has 114 valence electrons. The first kappa shape index (κ1) is 14.3. The summed E-state index contributed by atoms with van der Waals surface area (Å²) in [7, 11) is 0. The van der Waals surface area contributed by atoms with Gasteiger partial charge in [-0.25, -0.2) is 4.98 Å². The minimum absolute atomic E-state index is 0.129. The molecule has 3 heterocycles. The van der Waals surface area contributed by atoms with Crippen molar-refractivity contribution in [2.45, 2.75) is 45.6 Å². The predicted molar refractivity (Wildman–Crippen MR) is 83.5 cm³/mol. The van der Waals surface area contributed by atoms with Crippen molar-refractivity contribution in [2.24, 2.45) is 0 Å². The van der Waals surface area contributed by atoms with E-state index in [0.29, 0.717) is 5.78 Å². The molecule has 0 unspecified atom stereocenters. The Morgan fingerprint density at radius 3 is 2.76 bits per heavy atom. The van der Waals surface area contributed by atoms with E-state index in [-0.39, 0.29) is 5.54 Å². The van der Waals surface area contributed by atoms with Crippen LogP contribution in [0.4, 0.5) is 5.82 Å². The number of hydrogen-bond acceptors (Lipinski definition) is 5. The van der Waals surface area contributed by atoms with Gasteiger partial charge in [0.25, 0.3) is 5.78 Å². The van der Waals surface area contributed by atoms with Gasteiger partial charge in [-0.1, -0.05) is 6.42 Å². The van der Waals surface area contributed by atoms with Crippen LogP contribution in [0, 0.1) is 6.92 Å². The largest absolute Gasteiger partial charge is 0.368 e. The first-order chi connectivity index (χ1) is 10.1. The second-order valence-electron chi connectivity index (χ2n) is 6.47. The molecule has 1 N–H and O–H groups in total. The molecule has 2 aromatic heterocycles. The number of fused-ring (bicyclic) bond motifs is 1. The van der Waals surface area contributed by atoms with Crippen LogP contribution in [0.15, 0.2) is 12.4 Å². The van der Waals surface area contributed by atoms with Gasteiger partial charge in [-0.15, -0.1) is 0 Å². The van der Waals surface area contributed by atoms with Crippen LogP contribution in [0.3, 0.4) is 0 Å². The predicted octanol–water partition coefficient (Wildman–Crippen LogP) is 2.11. The lowest BCUT2D eigenvalue weighted by Gasteiger charge is -2.41. The molecule has 21 heavy (non-hydrogen) atoms. The van der Waals surface area contributed by atoms with Crippen LogP contribution < -0.4 is 5.32 Å². The zero-order chi connectivity index (χ0) is 14.9. The molecule has 3 rings (SSSR count). The molecule has 2 aromatic rings. The molecule has 0 radical (unpaired) electrons. The lowest BCUT2D eigenvalue weighted by molar-refractivity contribution is 0.105. The third kappa shape index (κ3) is 3.00. The van der Waals surface area contributed by atoms with Crippen LogP contribution in [0.1, 0.15) is 38.8 Å². The highest BCUT2D eigenvalue weighted by Gasteiger charge is 2.27. The summed E-state index contributed by atoms with van der Waals surface area (Å²) in [6.45, 7) is 9.86. The lowest BCUT2D eigenvalue weighted by Crippen LogP contribution is -2.51. The lowest BCUT2D eigenvalue weighted by atomic mass is 9.98. The van der Waals surface area contributed by atoms with Crippen molar-refractivity contribution < 1.29 is 0 Å². The maximum Gasteiger partial charge on any atom is 0.254 e. The molecule has 6 nitrogen and oxygen atoms in total. The first-order valence-corrected chi connectivity index (χ1v) is 7.72. The molecule has 6 heteroatoms. The molecule has 0 spiro atoms. The second-order valence-corrected chi connectivity index (χ2v) is 6.47. The van der Waals surface area contributed by atoms with Crippen molar-refractivity contribution in [3.05, 3.63) is 18.1 Å². The van der Waals surface area contributed by atoms with Gasteiger partial charge in [0.1, 0.15) is 12.1 Å². The van der Waals surface area contributed by atoms with E-state index in [2.05, 4.69) is 39.1 Å². The molecule has 0 aromatic carbocycles. The summed E-state index contributed by atoms with van der Waals surface area (Å²) in [5.74, 6) is 1.60.